The van der Waals surface area contributed by atoms with Crippen molar-refractivity contribution in [2.75, 3.05) is 16.4 Å². The molecule has 0 spiro atoms. The van der Waals surface area contributed by atoms with Crippen LogP contribution in [-0.2, 0) is 30.2 Å². The van der Waals surface area contributed by atoms with E-state index >= 15 is 0 Å². The maximum absolute atomic E-state index is 12.7. The topological polar surface area (TPSA) is 153 Å². The number of carbonyl (C=O) groups excluding carboxylic acids is 2. The number of alkyl halides is 3. The van der Waals surface area contributed by atoms with Gasteiger partial charge in [0.15, 0.2) is 0 Å². The molecule has 2 rings (SSSR count). The Labute approximate surface area is 181 Å². The SMILES string of the molecule is CC(=O)Nc1ccc(NC(=O)CS(=O)c2ccc(S(=O)(=O)C(F)(F)F)cc2[N+](=O)[O-])cc1. The van der Waals surface area contributed by atoms with Crippen LogP contribution in [0.3, 0.4) is 0 Å². The van der Waals surface area contributed by atoms with Crippen LogP contribution in [0.2, 0.25) is 0 Å². The third-order valence-corrected chi connectivity index (χ3v) is 6.58. The summed E-state index contributed by atoms with van der Waals surface area (Å²) >= 11 is 0. The Hall–Kier alpha value is -3.33. The zero-order valence-electron chi connectivity index (χ0n) is 16.0. The van der Waals surface area contributed by atoms with Gasteiger partial charge in [-0.05, 0) is 36.4 Å². The second-order valence-corrected chi connectivity index (χ2v) is 9.49. The molecule has 2 aromatic rings. The number of sulfone groups is 1. The van der Waals surface area contributed by atoms with Gasteiger partial charge in [0, 0.05) is 24.4 Å². The van der Waals surface area contributed by atoms with Gasteiger partial charge in [0.25, 0.3) is 15.5 Å². The fraction of sp³-hybridized carbons (Fsp3) is 0.176. The van der Waals surface area contributed by atoms with Gasteiger partial charge in [0.1, 0.15) is 10.6 Å². The summed E-state index contributed by atoms with van der Waals surface area (Å²) in [4.78, 5) is 31.1. The molecule has 32 heavy (non-hydrogen) atoms. The van der Waals surface area contributed by atoms with E-state index in [4.69, 9.17) is 0 Å². The fourth-order valence-electron chi connectivity index (χ4n) is 2.37. The molecule has 0 aliphatic rings. The highest BCUT2D eigenvalue weighted by molar-refractivity contribution is 7.92. The fourth-order valence-corrected chi connectivity index (χ4v) is 4.20. The number of anilines is 2. The van der Waals surface area contributed by atoms with E-state index < -0.39 is 58.2 Å². The van der Waals surface area contributed by atoms with Gasteiger partial charge in [-0.3, -0.25) is 23.9 Å². The van der Waals surface area contributed by atoms with E-state index in [1.165, 1.54) is 31.2 Å². The lowest BCUT2D eigenvalue weighted by Crippen LogP contribution is -2.23. The molecule has 0 radical (unpaired) electrons. The van der Waals surface area contributed by atoms with E-state index in [1.807, 2.05) is 0 Å². The summed E-state index contributed by atoms with van der Waals surface area (Å²) in [5.41, 5.74) is -6.12. The third-order valence-electron chi connectivity index (χ3n) is 3.74. The van der Waals surface area contributed by atoms with Crippen molar-refractivity contribution in [3.05, 3.63) is 52.6 Å². The Kier molecular flexibility index (Phi) is 7.35. The van der Waals surface area contributed by atoms with Crippen molar-refractivity contribution in [3.8, 4) is 0 Å². The molecule has 0 aliphatic carbocycles. The summed E-state index contributed by atoms with van der Waals surface area (Å²) in [7, 11) is -8.23. The first-order chi connectivity index (χ1) is 14.7. The quantitative estimate of drug-likeness (QED) is 0.444. The summed E-state index contributed by atoms with van der Waals surface area (Å²) in [5.74, 6) is -1.94. The molecule has 172 valence electrons. The van der Waals surface area contributed by atoms with Crippen molar-refractivity contribution in [3.63, 3.8) is 0 Å². The third kappa shape index (κ3) is 5.88. The summed E-state index contributed by atoms with van der Waals surface area (Å²) in [6, 6.07) is 6.97. The number of halogens is 3. The highest BCUT2D eigenvalue weighted by atomic mass is 32.2. The molecule has 0 aromatic heterocycles. The van der Waals surface area contributed by atoms with Crippen LogP contribution in [0.1, 0.15) is 6.92 Å². The predicted octanol–water partition coefficient (Wildman–Crippen LogP) is 2.59. The van der Waals surface area contributed by atoms with E-state index in [-0.39, 0.29) is 17.7 Å². The van der Waals surface area contributed by atoms with Crippen molar-refractivity contribution in [2.24, 2.45) is 0 Å². The number of rotatable bonds is 7. The van der Waals surface area contributed by atoms with Crippen molar-refractivity contribution < 1.29 is 40.3 Å². The summed E-state index contributed by atoms with van der Waals surface area (Å²) in [6.07, 6.45) is 0. The van der Waals surface area contributed by atoms with Gasteiger partial charge >= 0.3 is 5.51 Å². The zero-order valence-corrected chi connectivity index (χ0v) is 17.6. The molecular weight excluding hydrogens is 479 g/mol. The van der Waals surface area contributed by atoms with E-state index in [0.717, 1.165) is 0 Å². The number of benzene rings is 2. The number of hydrogen-bond donors (Lipinski definition) is 2. The van der Waals surface area contributed by atoms with Crippen LogP contribution in [-0.4, -0.2) is 40.6 Å². The maximum Gasteiger partial charge on any atom is 0.501 e. The molecule has 1 atom stereocenters. The van der Waals surface area contributed by atoms with E-state index in [1.54, 1.807) is 0 Å². The Morgan fingerprint density at radius 3 is 2.06 bits per heavy atom. The number of nitro benzene ring substituents is 1. The molecule has 0 aliphatic heterocycles. The normalized spacial score (nSPS) is 12.6. The first-order valence-electron chi connectivity index (χ1n) is 8.38. The summed E-state index contributed by atoms with van der Waals surface area (Å²) in [6.45, 7) is 1.30. The molecule has 0 heterocycles. The van der Waals surface area contributed by atoms with Gasteiger partial charge < -0.3 is 10.6 Å². The van der Waals surface area contributed by atoms with Crippen molar-refractivity contribution in [1.29, 1.82) is 0 Å². The van der Waals surface area contributed by atoms with Crippen molar-refractivity contribution in [2.45, 2.75) is 22.2 Å². The van der Waals surface area contributed by atoms with Crippen LogP contribution >= 0.6 is 0 Å². The van der Waals surface area contributed by atoms with Crippen LogP contribution < -0.4 is 10.6 Å². The molecule has 2 N–H and O–H groups in total. The molecule has 0 saturated heterocycles. The van der Waals surface area contributed by atoms with Gasteiger partial charge in [-0.2, -0.15) is 13.2 Å². The van der Waals surface area contributed by atoms with Gasteiger partial charge in [-0.15, -0.1) is 0 Å². The van der Waals surface area contributed by atoms with Crippen LogP contribution in [0.5, 0.6) is 0 Å². The lowest BCUT2D eigenvalue weighted by Gasteiger charge is -2.10. The minimum Gasteiger partial charge on any atom is -0.326 e. The number of nitrogens with one attached hydrogen (secondary N) is 2. The zero-order chi connectivity index (χ0) is 24.3. The minimum absolute atomic E-state index is 0.148. The molecule has 10 nitrogen and oxygen atoms in total. The highest BCUT2D eigenvalue weighted by Crippen LogP contribution is 2.34. The average molecular weight is 493 g/mol. The van der Waals surface area contributed by atoms with E-state index in [9.17, 15) is 45.5 Å². The van der Waals surface area contributed by atoms with Crippen LogP contribution in [0.4, 0.5) is 30.2 Å². The largest absolute Gasteiger partial charge is 0.501 e. The first-order valence-corrected chi connectivity index (χ1v) is 11.2. The summed E-state index contributed by atoms with van der Waals surface area (Å²) in [5, 5.41) is 16.1. The van der Waals surface area contributed by atoms with Crippen molar-refractivity contribution >= 4 is 49.5 Å². The van der Waals surface area contributed by atoms with Gasteiger partial charge in [0.2, 0.25) is 11.8 Å². The molecular formula is C17H14F3N3O7S2. The average Bonchev–Trinajstić information content (AvgIpc) is 2.67. The Morgan fingerprint density at radius 1 is 1.06 bits per heavy atom. The van der Waals surface area contributed by atoms with E-state index in [0.29, 0.717) is 17.8 Å². The number of nitrogens with zero attached hydrogens (tertiary/aromatic N) is 1. The molecule has 15 heteroatoms. The number of amides is 2. The smallest absolute Gasteiger partial charge is 0.326 e. The summed E-state index contributed by atoms with van der Waals surface area (Å²) < 4.78 is 73.4. The van der Waals surface area contributed by atoms with Gasteiger partial charge in [0.05, 0.1) is 20.6 Å². The predicted molar refractivity (Wildman–Crippen MR) is 107 cm³/mol. The van der Waals surface area contributed by atoms with E-state index in [2.05, 4.69) is 10.6 Å². The lowest BCUT2D eigenvalue weighted by atomic mass is 10.3. The maximum atomic E-state index is 12.7. The number of carbonyl (C=O) groups is 2. The second kappa shape index (κ2) is 9.44. The molecule has 0 fully saturated rings. The lowest BCUT2D eigenvalue weighted by molar-refractivity contribution is -0.388. The second-order valence-electron chi connectivity index (χ2n) is 6.13. The standard InChI is InChI=1S/C17H14F3N3O7S2/c1-10(24)21-11-2-4-12(5-3-11)22-16(25)9-31(28)15-7-6-13(8-14(15)23(26)27)32(29,30)17(18,19)20/h2-8H,9H2,1H3,(H,21,24)(H,22,25). The van der Waals surface area contributed by atoms with Crippen molar-refractivity contribution in [1.82, 2.24) is 0 Å². The molecule has 0 bridgehead atoms. The number of hydrogen-bond acceptors (Lipinski definition) is 7. The molecule has 2 amide bonds. The molecule has 1 unspecified atom stereocenters. The number of nitro groups is 1. The van der Waals surface area contributed by atoms with Gasteiger partial charge in [-0.1, -0.05) is 0 Å². The Balaban J connectivity index is 2.21. The molecule has 2 aromatic carbocycles. The Morgan fingerprint density at radius 2 is 1.59 bits per heavy atom. The van der Waals surface area contributed by atoms with Crippen LogP contribution in [0.15, 0.2) is 52.3 Å². The highest BCUT2D eigenvalue weighted by Gasteiger charge is 2.47. The van der Waals surface area contributed by atoms with Crippen LogP contribution in [0.25, 0.3) is 0 Å². The minimum atomic E-state index is -5.86. The van der Waals surface area contributed by atoms with Crippen LogP contribution in [0, 0.1) is 10.1 Å². The first kappa shape index (κ1) is 24.9. The molecule has 0 saturated carbocycles. The van der Waals surface area contributed by atoms with Gasteiger partial charge in [-0.25, -0.2) is 8.42 Å². The monoisotopic (exact) mass is 493 g/mol. The Bertz CT molecular complexity index is 1200.